The van der Waals surface area contributed by atoms with E-state index in [0.29, 0.717) is 24.4 Å². The van der Waals surface area contributed by atoms with Gasteiger partial charge in [0.2, 0.25) is 0 Å². The highest BCUT2D eigenvalue weighted by Gasteiger charge is 2.08. The molecule has 0 aliphatic rings. The van der Waals surface area contributed by atoms with Crippen LogP contribution in [0, 0.1) is 6.92 Å². The zero-order valence-electron chi connectivity index (χ0n) is 12.3. The molecular weight excluding hydrogens is 264 g/mol. The van der Waals surface area contributed by atoms with E-state index in [-0.39, 0.29) is 5.97 Å². The molecule has 0 aliphatic carbocycles. The van der Waals surface area contributed by atoms with Crippen molar-refractivity contribution < 1.29 is 9.53 Å². The standard InChI is InChI=1S/C17H20N2O2/c1-3-21-17(20)14-7-8-16(15(18)10-14)19-11-13-6-4-5-12(2)9-13/h4-10,19H,3,11,18H2,1-2H3. The summed E-state index contributed by atoms with van der Waals surface area (Å²) in [6.45, 7) is 4.88. The number of carbonyl (C=O) groups is 1. The van der Waals surface area contributed by atoms with Gasteiger partial charge in [0.15, 0.2) is 0 Å². The maximum atomic E-state index is 11.6. The van der Waals surface area contributed by atoms with Crippen LogP contribution in [-0.4, -0.2) is 12.6 Å². The van der Waals surface area contributed by atoms with Gasteiger partial charge in [-0.2, -0.15) is 0 Å². The van der Waals surface area contributed by atoms with Crippen LogP contribution in [0.3, 0.4) is 0 Å². The molecule has 2 aromatic rings. The lowest BCUT2D eigenvalue weighted by atomic mass is 10.1. The predicted octanol–water partition coefficient (Wildman–Crippen LogP) is 3.37. The maximum Gasteiger partial charge on any atom is 0.338 e. The third-order valence-electron chi connectivity index (χ3n) is 3.13. The van der Waals surface area contributed by atoms with Crippen molar-refractivity contribution in [1.82, 2.24) is 0 Å². The zero-order chi connectivity index (χ0) is 15.2. The average molecular weight is 284 g/mol. The second kappa shape index (κ2) is 6.79. The number of esters is 1. The van der Waals surface area contributed by atoms with Crippen molar-refractivity contribution in [3.63, 3.8) is 0 Å². The van der Waals surface area contributed by atoms with Crippen molar-refractivity contribution in [3.8, 4) is 0 Å². The summed E-state index contributed by atoms with van der Waals surface area (Å²) in [7, 11) is 0. The Balaban J connectivity index is 2.06. The molecule has 4 nitrogen and oxygen atoms in total. The molecule has 0 heterocycles. The van der Waals surface area contributed by atoms with E-state index in [1.807, 2.05) is 6.07 Å². The van der Waals surface area contributed by atoms with Gasteiger partial charge in [0.25, 0.3) is 0 Å². The summed E-state index contributed by atoms with van der Waals surface area (Å²) in [5.74, 6) is -0.352. The molecule has 0 spiro atoms. The number of ether oxygens (including phenoxy) is 1. The summed E-state index contributed by atoms with van der Waals surface area (Å²) < 4.78 is 4.95. The average Bonchev–Trinajstić information content (AvgIpc) is 2.46. The fraction of sp³-hybridized carbons (Fsp3) is 0.235. The van der Waals surface area contributed by atoms with Crippen molar-refractivity contribution in [3.05, 3.63) is 59.2 Å². The highest BCUT2D eigenvalue weighted by molar-refractivity contribution is 5.91. The molecular formula is C17H20N2O2. The number of hydrogen-bond acceptors (Lipinski definition) is 4. The number of hydrogen-bond donors (Lipinski definition) is 2. The van der Waals surface area contributed by atoms with Gasteiger partial charge in [0.1, 0.15) is 0 Å². The van der Waals surface area contributed by atoms with Gasteiger partial charge in [-0.05, 0) is 37.6 Å². The van der Waals surface area contributed by atoms with E-state index >= 15 is 0 Å². The van der Waals surface area contributed by atoms with Crippen molar-refractivity contribution in [2.45, 2.75) is 20.4 Å². The van der Waals surface area contributed by atoms with Crippen LogP contribution in [0.1, 0.15) is 28.4 Å². The number of nitrogens with two attached hydrogens (primary N) is 1. The molecule has 0 amide bonds. The van der Waals surface area contributed by atoms with Gasteiger partial charge >= 0.3 is 5.97 Å². The van der Waals surface area contributed by atoms with Crippen LogP contribution in [0.4, 0.5) is 11.4 Å². The maximum absolute atomic E-state index is 11.6. The molecule has 0 aromatic heterocycles. The van der Waals surface area contributed by atoms with Crippen LogP contribution < -0.4 is 11.1 Å². The van der Waals surface area contributed by atoms with Crippen molar-refractivity contribution in [1.29, 1.82) is 0 Å². The Morgan fingerprint density at radius 1 is 1.24 bits per heavy atom. The molecule has 0 radical (unpaired) electrons. The molecule has 0 aliphatic heterocycles. The fourth-order valence-electron chi connectivity index (χ4n) is 2.08. The van der Waals surface area contributed by atoms with Crippen LogP contribution in [0.15, 0.2) is 42.5 Å². The molecule has 3 N–H and O–H groups in total. The number of nitrogens with one attached hydrogen (secondary N) is 1. The second-order valence-electron chi connectivity index (χ2n) is 4.87. The number of benzene rings is 2. The lowest BCUT2D eigenvalue weighted by Crippen LogP contribution is -2.07. The summed E-state index contributed by atoms with van der Waals surface area (Å²) in [4.78, 5) is 11.6. The largest absolute Gasteiger partial charge is 0.462 e. The minimum absolute atomic E-state index is 0.352. The Hall–Kier alpha value is -2.49. The molecule has 0 unspecified atom stereocenters. The molecule has 0 bridgehead atoms. The van der Waals surface area contributed by atoms with Gasteiger partial charge in [-0.15, -0.1) is 0 Å². The number of carbonyl (C=O) groups excluding carboxylic acids is 1. The number of nitrogen functional groups attached to an aromatic ring is 1. The quantitative estimate of drug-likeness (QED) is 0.652. The first-order valence-corrected chi connectivity index (χ1v) is 6.96. The van der Waals surface area contributed by atoms with Crippen LogP contribution >= 0.6 is 0 Å². The third-order valence-corrected chi connectivity index (χ3v) is 3.13. The van der Waals surface area contributed by atoms with Gasteiger partial charge in [-0.1, -0.05) is 29.8 Å². The molecule has 2 aromatic carbocycles. The van der Waals surface area contributed by atoms with E-state index in [9.17, 15) is 4.79 Å². The van der Waals surface area contributed by atoms with E-state index < -0.39 is 0 Å². The molecule has 110 valence electrons. The summed E-state index contributed by atoms with van der Waals surface area (Å²) in [6.07, 6.45) is 0. The van der Waals surface area contributed by atoms with E-state index in [4.69, 9.17) is 10.5 Å². The first-order valence-electron chi connectivity index (χ1n) is 6.96. The topological polar surface area (TPSA) is 64.3 Å². The van der Waals surface area contributed by atoms with Gasteiger partial charge in [-0.25, -0.2) is 4.79 Å². The summed E-state index contributed by atoms with van der Waals surface area (Å²) in [6, 6.07) is 13.4. The van der Waals surface area contributed by atoms with Crippen LogP contribution in [0.5, 0.6) is 0 Å². The van der Waals surface area contributed by atoms with Gasteiger partial charge in [0.05, 0.1) is 23.5 Å². The first-order chi connectivity index (χ1) is 10.1. The molecule has 0 fully saturated rings. The fourth-order valence-corrected chi connectivity index (χ4v) is 2.08. The predicted molar refractivity (Wildman–Crippen MR) is 85.3 cm³/mol. The lowest BCUT2D eigenvalue weighted by molar-refractivity contribution is 0.0526. The van der Waals surface area contributed by atoms with Crippen molar-refractivity contribution >= 4 is 17.3 Å². The Labute approximate surface area is 124 Å². The number of aryl methyl sites for hydroxylation is 1. The summed E-state index contributed by atoms with van der Waals surface area (Å²) in [5, 5.41) is 3.28. The highest BCUT2D eigenvalue weighted by Crippen LogP contribution is 2.21. The SMILES string of the molecule is CCOC(=O)c1ccc(NCc2cccc(C)c2)c(N)c1. The Bertz CT molecular complexity index is 638. The molecule has 2 rings (SSSR count). The molecule has 0 atom stereocenters. The van der Waals surface area contributed by atoms with E-state index in [1.165, 1.54) is 11.1 Å². The minimum Gasteiger partial charge on any atom is -0.462 e. The minimum atomic E-state index is -0.352. The molecule has 21 heavy (non-hydrogen) atoms. The monoisotopic (exact) mass is 284 g/mol. The zero-order valence-corrected chi connectivity index (χ0v) is 12.3. The first kappa shape index (κ1) is 14.9. The summed E-state index contributed by atoms with van der Waals surface area (Å²) in [5.41, 5.74) is 10.2. The van der Waals surface area contributed by atoms with E-state index in [2.05, 4.69) is 30.4 Å². The smallest absolute Gasteiger partial charge is 0.338 e. The van der Waals surface area contributed by atoms with Gasteiger partial charge < -0.3 is 15.8 Å². The van der Waals surface area contributed by atoms with E-state index in [0.717, 1.165) is 5.69 Å². The van der Waals surface area contributed by atoms with Crippen molar-refractivity contribution in [2.24, 2.45) is 0 Å². The van der Waals surface area contributed by atoms with Gasteiger partial charge in [-0.3, -0.25) is 0 Å². The molecule has 4 heteroatoms. The molecule has 0 saturated heterocycles. The Morgan fingerprint density at radius 3 is 2.71 bits per heavy atom. The molecule has 0 saturated carbocycles. The Morgan fingerprint density at radius 2 is 2.05 bits per heavy atom. The van der Waals surface area contributed by atoms with Crippen LogP contribution in [-0.2, 0) is 11.3 Å². The Kier molecular flexibility index (Phi) is 4.82. The normalized spacial score (nSPS) is 10.2. The van der Waals surface area contributed by atoms with Gasteiger partial charge in [0, 0.05) is 6.54 Å². The third kappa shape index (κ3) is 3.99. The summed E-state index contributed by atoms with van der Waals surface area (Å²) >= 11 is 0. The highest BCUT2D eigenvalue weighted by atomic mass is 16.5. The van der Waals surface area contributed by atoms with Crippen LogP contribution in [0.2, 0.25) is 0 Å². The number of rotatable bonds is 5. The van der Waals surface area contributed by atoms with Crippen molar-refractivity contribution in [2.75, 3.05) is 17.7 Å². The van der Waals surface area contributed by atoms with E-state index in [1.54, 1.807) is 25.1 Å². The lowest BCUT2D eigenvalue weighted by Gasteiger charge is -2.11. The van der Waals surface area contributed by atoms with Crippen LogP contribution in [0.25, 0.3) is 0 Å². The number of anilines is 2. The second-order valence-corrected chi connectivity index (χ2v) is 4.87.